The molecular formula is C14H22N4O3S. The fourth-order valence-corrected chi connectivity index (χ4v) is 4.67. The SMILES string of the molecule is O=S1(=O)CCCC(CNc2ccnc(N3CCOCC3)n2)C1. The number of aromatic nitrogens is 2. The van der Waals surface area contributed by atoms with Crippen LogP contribution < -0.4 is 10.2 Å². The highest BCUT2D eigenvalue weighted by molar-refractivity contribution is 7.91. The molecule has 1 unspecified atom stereocenters. The number of nitrogens with one attached hydrogen (secondary N) is 1. The zero-order chi connectivity index (χ0) is 15.4. The molecule has 3 rings (SSSR count). The average Bonchev–Trinajstić information content (AvgIpc) is 2.53. The van der Waals surface area contributed by atoms with E-state index >= 15 is 0 Å². The first-order chi connectivity index (χ1) is 10.6. The molecule has 0 amide bonds. The van der Waals surface area contributed by atoms with Crippen molar-refractivity contribution in [3.8, 4) is 0 Å². The smallest absolute Gasteiger partial charge is 0.227 e. The molecule has 1 N–H and O–H groups in total. The van der Waals surface area contributed by atoms with Crippen molar-refractivity contribution >= 4 is 21.6 Å². The lowest BCUT2D eigenvalue weighted by atomic mass is 10.1. The number of nitrogens with zero attached hydrogens (tertiary/aromatic N) is 3. The van der Waals surface area contributed by atoms with Crippen molar-refractivity contribution in [3.05, 3.63) is 12.3 Å². The van der Waals surface area contributed by atoms with Crippen LogP contribution in [0.5, 0.6) is 0 Å². The van der Waals surface area contributed by atoms with Crippen molar-refractivity contribution in [1.82, 2.24) is 9.97 Å². The van der Waals surface area contributed by atoms with E-state index in [-0.39, 0.29) is 11.7 Å². The summed E-state index contributed by atoms with van der Waals surface area (Å²) in [5.41, 5.74) is 0. The first-order valence-electron chi connectivity index (χ1n) is 7.72. The molecule has 0 bridgehead atoms. The van der Waals surface area contributed by atoms with Crippen LogP contribution in [0.4, 0.5) is 11.8 Å². The number of morpholine rings is 1. The summed E-state index contributed by atoms with van der Waals surface area (Å²) in [5, 5.41) is 3.26. The summed E-state index contributed by atoms with van der Waals surface area (Å²) >= 11 is 0. The van der Waals surface area contributed by atoms with Crippen LogP contribution in [0, 0.1) is 5.92 Å². The van der Waals surface area contributed by atoms with Crippen molar-refractivity contribution in [3.63, 3.8) is 0 Å². The van der Waals surface area contributed by atoms with Crippen molar-refractivity contribution in [2.45, 2.75) is 12.8 Å². The number of rotatable bonds is 4. The maximum absolute atomic E-state index is 11.7. The molecule has 22 heavy (non-hydrogen) atoms. The first kappa shape index (κ1) is 15.5. The molecular weight excluding hydrogens is 304 g/mol. The van der Waals surface area contributed by atoms with Crippen LogP contribution in [-0.2, 0) is 14.6 Å². The normalized spacial score (nSPS) is 24.9. The first-order valence-corrected chi connectivity index (χ1v) is 9.54. The Bertz CT molecular complexity index is 602. The van der Waals surface area contributed by atoms with Gasteiger partial charge in [-0.3, -0.25) is 0 Å². The fourth-order valence-electron chi connectivity index (χ4n) is 2.89. The molecule has 2 aliphatic heterocycles. The number of ether oxygens (including phenoxy) is 1. The van der Waals surface area contributed by atoms with Gasteiger partial charge in [-0.1, -0.05) is 0 Å². The zero-order valence-corrected chi connectivity index (χ0v) is 13.4. The van der Waals surface area contributed by atoms with Gasteiger partial charge < -0.3 is 15.0 Å². The Labute approximate surface area is 131 Å². The van der Waals surface area contributed by atoms with Gasteiger partial charge in [0.2, 0.25) is 5.95 Å². The minimum Gasteiger partial charge on any atom is -0.378 e. The standard InChI is InChI=1S/C14H22N4O3S/c19-22(20)9-1-2-12(11-22)10-16-13-3-4-15-14(17-13)18-5-7-21-8-6-18/h3-4,12H,1-2,5-11H2,(H,15,16,17). The number of sulfone groups is 1. The van der Waals surface area contributed by atoms with Gasteiger partial charge in [0.1, 0.15) is 5.82 Å². The quantitative estimate of drug-likeness (QED) is 0.865. The molecule has 2 saturated heterocycles. The van der Waals surface area contributed by atoms with E-state index in [1.54, 1.807) is 6.20 Å². The maximum Gasteiger partial charge on any atom is 0.227 e. The molecule has 1 atom stereocenters. The second kappa shape index (κ2) is 6.78. The Morgan fingerprint density at radius 1 is 1.36 bits per heavy atom. The summed E-state index contributed by atoms with van der Waals surface area (Å²) < 4.78 is 28.7. The molecule has 1 aromatic heterocycles. The van der Waals surface area contributed by atoms with Crippen LogP contribution >= 0.6 is 0 Å². The summed E-state index contributed by atoms with van der Waals surface area (Å²) in [6, 6.07) is 1.82. The minimum atomic E-state index is -2.86. The molecule has 2 fully saturated rings. The third-order valence-electron chi connectivity index (χ3n) is 4.07. The predicted octanol–water partition coefficient (Wildman–Crippen LogP) is 0.550. The van der Waals surface area contributed by atoms with Gasteiger partial charge in [0.25, 0.3) is 0 Å². The molecule has 8 heteroatoms. The van der Waals surface area contributed by atoms with Gasteiger partial charge in [-0.25, -0.2) is 13.4 Å². The van der Waals surface area contributed by atoms with Gasteiger partial charge >= 0.3 is 0 Å². The van der Waals surface area contributed by atoms with Gasteiger partial charge in [-0.2, -0.15) is 4.98 Å². The van der Waals surface area contributed by atoms with Crippen LogP contribution in [0.1, 0.15) is 12.8 Å². The Morgan fingerprint density at radius 2 is 2.18 bits per heavy atom. The molecule has 7 nitrogen and oxygen atoms in total. The number of hydrogen-bond donors (Lipinski definition) is 1. The molecule has 0 aromatic carbocycles. The predicted molar refractivity (Wildman–Crippen MR) is 84.9 cm³/mol. The van der Waals surface area contributed by atoms with Crippen molar-refractivity contribution in [2.75, 3.05) is 54.6 Å². The lowest BCUT2D eigenvalue weighted by molar-refractivity contribution is 0.122. The highest BCUT2D eigenvalue weighted by Crippen LogP contribution is 2.19. The molecule has 0 radical (unpaired) electrons. The van der Waals surface area contributed by atoms with Crippen molar-refractivity contribution in [1.29, 1.82) is 0 Å². The van der Waals surface area contributed by atoms with E-state index < -0.39 is 9.84 Å². The lowest BCUT2D eigenvalue weighted by Gasteiger charge is -2.27. The zero-order valence-electron chi connectivity index (χ0n) is 12.6. The summed E-state index contributed by atoms with van der Waals surface area (Å²) in [7, 11) is -2.86. The Hall–Kier alpha value is -1.41. The maximum atomic E-state index is 11.7. The minimum absolute atomic E-state index is 0.167. The van der Waals surface area contributed by atoms with E-state index in [9.17, 15) is 8.42 Å². The summed E-state index contributed by atoms with van der Waals surface area (Å²) in [4.78, 5) is 10.9. The molecule has 3 heterocycles. The van der Waals surface area contributed by atoms with Crippen molar-refractivity contribution < 1.29 is 13.2 Å². The molecule has 1 aromatic rings. The Kier molecular flexibility index (Phi) is 4.77. The average molecular weight is 326 g/mol. The summed E-state index contributed by atoms with van der Waals surface area (Å²) in [5.74, 6) is 2.23. The largest absolute Gasteiger partial charge is 0.378 e. The molecule has 2 aliphatic rings. The van der Waals surface area contributed by atoms with E-state index in [0.29, 0.717) is 31.5 Å². The van der Waals surface area contributed by atoms with E-state index in [4.69, 9.17) is 4.74 Å². The second-order valence-corrected chi connectivity index (χ2v) is 8.07. The molecule has 122 valence electrons. The summed E-state index contributed by atoms with van der Waals surface area (Å²) in [6.07, 6.45) is 3.45. The van der Waals surface area contributed by atoms with Gasteiger partial charge in [0.15, 0.2) is 9.84 Å². The number of anilines is 2. The lowest BCUT2D eigenvalue weighted by Crippen LogP contribution is -2.37. The van der Waals surface area contributed by atoms with Gasteiger partial charge in [-0.05, 0) is 24.8 Å². The van der Waals surface area contributed by atoms with E-state index in [0.717, 1.165) is 31.7 Å². The Morgan fingerprint density at radius 3 is 2.95 bits per heavy atom. The number of hydrogen-bond acceptors (Lipinski definition) is 7. The van der Waals surface area contributed by atoms with E-state index in [2.05, 4.69) is 20.2 Å². The summed E-state index contributed by atoms with van der Waals surface area (Å²) in [6.45, 7) is 3.62. The van der Waals surface area contributed by atoms with Gasteiger partial charge in [0.05, 0.1) is 24.7 Å². The van der Waals surface area contributed by atoms with Crippen molar-refractivity contribution in [2.24, 2.45) is 5.92 Å². The molecule has 0 spiro atoms. The highest BCUT2D eigenvalue weighted by Gasteiger charge is 2.24. The van der Waals surface area contributed by atoms with E-state index in [1.165, 1.54) is 0 Å². The van der Waals surface area contributed by atoms with Crippen LogP contribution in [0.3, 0.4) is 0 Å². The molecule has 0 aliphatic carbocycles. The monoisotopic (exact) mass is 326 g/mol. The van der Waals surface area contributed by atoms with Crippen LogP contribution in [0.15, 0.2) is 12.3 Å². The Balaban J connectivity index is 1.58. The van der Waals surface area contributed by atoms with Gasteiger partial charge in [0, 0.05) is 25.8 Å². The fraction of sp³-hybridized carbons (Fsp3) is 0.714. The van der Waals surface area contributed by atoms with Crippen LogP contribution in [0.25, 0.3) is 0 Å². The molecule has 0 saturated carbocycles. The topological polar surface area (TPSA) is 84.4 Å². The second-order valence-electron chi connectivity index (χ2n) is 5.84. The third-order valence-corrected chi connectivity index (χ3v) is 5.96. The van der Waals surface area contributed by atoms with Crippen LogP contribution in [-0.4, -0.2) is 62.7 Å². The van der Waals surface area contributed by atoms with Gasteiger partial charge in [-0.15, -0.1) is 0 Å². The highest BCUT2D eigenvalue weighted by atomic mass is 32.2. The van der Waals surface area contributed by atoms with E-state index in [1.807, 2.05) is 6.07 Å². The third kappa shape index (κ3) is 4.07. The van der Waals surface area contributed by atoms with Crippen LogP contribution in [0.2, 0.25) is 0 Å².